The van der Waals surface area contributed by atoms with Gasteiger partial charge in [-0.05, 0) is 36.1 Å². The molecule has 94 valence electrons. The van der Waals surface area contributed by atoms with Crippen molar-refractivity contribution >= 4 is 5.69 Å². The average molecular weight is 239 g/mol. The fourth-order valence-corrected chi connectivity index (χ4v) is 1.90. The van der Waals surface area contributed by atoms with Crippen LogP contribution in [0, 0.1) is 6.92 Å². The Hall–Kier alpha value is -1.76. The molecule has 0 spiro atoms. The Morgan fingerprint density at radius 2 is 1.50 bits per heavy atom. The lowest BCUT2D eigenvalue weighted by atomic mass is 10.0. The lowest BCUT2D eigenvalue weighted by Gasteiger charge is -2.09. The Bertz CT molecular complexity index is 480. The predicted octanol–water partition coefficient (Wildman–Crippen LogP) is 4.73. The first-order valence-corrected chi connectivity index (χ1v) is 6.54. The molecule has 0 amide bonds. The minimum absolute atomic E-state index is 0.594. The summed E-state index contributed by atoms with van der Waals surface area (Å²) in [5, 5.41) is 3.45. The molecular formula is C17H21N. The monoisotopic (exact) mass is 239 g/mol. The molecular weight excluding hydrogens is 218 g/mol. The van der Waals surface area contributed by atoms with Gasteiger partial charge in [-0.25, -0.2) is 0 Å². The van der Waals surface area contributed by atoms with Crippen LogP contribution in [0.25, 0.3) is 0 Å². The van der Waals surface area contributed by atoms with Gasteiger partial charge in [0.25, 0.3) is 0 Å². The maximum atomic E-state index is 3.45. The molecule has 0 fully saturated rings. The molecule has 0 aliphatic carbocycles. The number of anilines is 1. The van der Waals surface area contributed by atoms with Crippen LogP contribution in [0.1, 0.15) is 36.5 Å². The van der Waals surface area contributed by atoms with Crippen LogP contribution in [0.4, 0.5) is 5.69 Å². The highest BCUT2D eigenvalue weighted by molar-refractivity contribution is 5.45. The minimum atomic E-state index is 0.594. The molecule has 0 unspecified atom stereocenters. The van der Waals surface area contributed by atoms with Gasteiger partial charge in [-0.2, -0.15) is 0 Å². The van der Waals surface area contributed by atoms with E-state index in [1.807, 2.05) is 0 Å². The zero-order valence-electron chi connectivity index (χ0n) is 11.4. The molecule has 0 bridgehead atoms. The highest BCUT2D eigenvalue weighted by Crippen LogP contribution is 2.17. The third-order valence-corrected chi connectivity index (χ3v) is 3.19. The SMILES string of the molecule is Cc1ccc(CNc2ccc(C(C)C)cc2)cc1. The van der Waals surface area contributed by atoms with Crippen LogP contribution >= 0.6 is 0 Å². The second kappa shape index (κ2) is 5.72. The quantitative estimate of drug-likeness (QED) is 0.813. The van der Waals surface area contributed by atoms with Gasteiger partial charge >= 0.3 is 0 Å². The first-order chi connectivity index (χ1) is 8.65. The summed E-state index contributed by atoms with van der Waals surface area (Å²) in [5.41, 5.74) is 5.18. The van der Waals surface area contributed by atoms with E-state index >= 15 is 0 Å². The largest absolute Gasteiger partial charge is 0.381 e. The van der Waals surface area contributed by atoms with Gasteiger partial charge < -0.3 is 5.32 Å². The van der Waals surface area contributed by atoms with Crippen molar-refractivity contribution < 1.29 is 0 Å². The zero-order valence-corrected chi connectivity index (χ0v) is 11.4. The summed E-state index contributed by atoms with van der Waals surface area (Å²) in [7, 11) is 0. The van der Waals surface area contributed by atoms with Gasteiger partial charge in [-0.1, -0.05) is 55.8 Å². The fraction of sp³-hybridized carbons (Fsp3) is 0.294. The maximum absolute atomic E-state index is 3.45. The molecule has 0 aliphatic heterocycles. The van der Waals surface area contributed by atoms with Crippen molar-refractivity contribution in [2.45, 2.75) is 33.2 Å². The molecule has 0 saturated carbocycles. The van der Waals surface area contributed by atoms with Crippen molar-refractivity contribution in [3.63, 3.8) is 0 Å². The van der Waals surface area contributed by atoms with Crippen LogP contribution in [-0.2, 0) is 6.54 Å². The van der Waals surface area contributed by atoms with Crippen LogP contribution in [-0.4, -0.2) is 0 Å². The summed E-state index contributed by atoms with van der Waals surface area (Å²) in [6.07, 6.45) is 0. The summed E-state index contributed by atoms with van der Waals surface area (Å²) in [4.78, 5) is 0. The molecule has 2 rings (SSSR count). The smallest absolute Gasteiger partial charge is 0.0400 e. The van der Waals surface area contributed by atoms with Crippen LogP contribution in [0.3, 0.4) is 0 Å². The van der Waals surface area contributed by atoms with E-state index in [4.69, 9.17) is 0 Å². The normalized spacial score (nSPS) is 10.7. The number of nitrogens with one attached hydrogen (secondary N) is 1. The summed E-state index contributed by atoms with van der Waals surface area (Å²) in [6.45, 7) is 7.42. The van der Waals surface area contributed by atoms with Gasteiger partial charge in [0, 0.05) is 12.2 Å². The second-order valence-corrected chi connectivity index (χ2v) is 5.12. The average Bonchev–Trinajstić information content (AvgIpc) is 2.38. The van der Waals surface area contributed by atoms with E-state index in [-0.39, 0.29) is 0 Å². The van der Waals surface area contributed by atoms with E-state index in [1.54, 1.807) is 0 Å². The van der Waals surface area contributed by atoms with Crippen LogP contribution < -0.4 is 5.32 Å². The molecule has 18 heavy (non-hydrogen) atoms. The molecule has 0 aliphatic rings. The molecule has 2 aromatic carbocycles. The number of rotatable bonds is 4. The van der Waals surface area contributed by atoms with Gasteiger partial charge in [0.1, 0.15) is 0 Å². The number of aryl methyl sites for hydroxylation is 1. The number of benzene rings is 2. The van der Waals surface area contributed by atoms with Crippen molar-refractivity contribution in [3.8, 4) is 0 Å². The standard InChI is InChI=1S/C17H21N/c1-13(2)16-8-10-17(11-9-16)18-12-15-6-4-14(3)5-7-15/h4-11,13,18H,12H2,1-3H3. The highest BCUT2D eigenvalue weighted by atomic mass is 14.9. The molecule has 0 saturated heterocycles. The van der Waals surface area contributed by atoms with Crippen molar-refractivity contribution in [2.24, 2.45) is 0 Å². The first kappa shape index (κ1) is 12.7. The van der Waals surface area contributed by atoms with E-state index in [0.29, 0.717) is 5.92 Å². The van der Waals surface area contributed by atoms with Crippen molar-refractivity contribution in [2.75, 3.05) is 5.32 Å². The molecule has 0 aromatic heterocycles. The molecule has 0 radical (unpaired) electrons. The lowest BCUT2D eigenvalue weighted by Crippen LogP contribution is -1.99. The molecule has 1 heteroatoms. The van der Waals surface area contributed by atoms with E-state index in [9.17, 15) is 0 Å². The Morgan fingerprint density at radius 1 is 0.889 bits per heavy atom. The van der Waals surface area contributed by atoms with Crippen LogP contribution in [0.5, 0.6) is 0 Å². The van der Waals surface area contributed by atoms with Crippen molar-refractivity contribution in [1.82, 2.24) is 0 Å². The Balaban J connectivity index is 1.95. The van der Waals surface area contributed by atoms with Gasteiger partial charge in [-0.3, -0.25) is 0 Å². The predicted molar refractivity (Wildman–Crippen MR) is 79.0 cm³/mol. The molecule has 1 N–H and O–H groups in total. The molecule has 0 atom stereocenters. The zero-order chi connectivity index (χ0) is 13.0. The van der Waals surface area contributed by atoms with E-state index < -0.39 is 0 Å². The van der Waals surface area contributed by atoms with E-state index in [2.05, 4.69) is 74.6 Å². The van der Waals surface area contributed by atoms with Gasteiger partial charge in [0.15, 0.2) is 0 Å². The van der Waals surface area contributed by atoms with Crippen molar-refractivity contribution in [3.05, 3.63) is 65.2 Å². The number of hydrogen-bond acceptors (Lipinski definition) is 1. The van der Waals surface area contributed by atoms with Crippen LogP contribution in [0.2, 0.25) is 0 Å². The van der Waals surface area contributed by atoms with Crippen LogP contribution in [0.15, 0.2) is 48.5 Å². The summed E-state index contributed by atoms with van der Waals surface area (Å²) >= 11 is 0. The lowest BCUT2D eigenvalue weighted by molar-refractivity contribution is 0.867. The molecule has 1 nitrogen and oxygen atoms in total. The first-order valence-electron chi connectivity index (χ1n) is 6.54. The van der Waals surface area contributed by atoms with E-state index in [1.165, 1.54) is 22.4 Å². The number of hydrogen-bond donors (Lipinski definition) is 1. The van der Waals surface area contributed by atoms with Gasteiger partial charge in [-0.15, -0.1) is 0 Å². The Kier molecular flexibility index (Phi) is 4.03. The van der Waals surface area contributed by atoms with Crippen molar-refractivity contribution in [1.29, 1.82) is 0 Å². The summed E-state index contributed by atoms with van der Waals surface area (Å²) in [6, 6.07) is 17.4. The fourth-order valence-electron chi connectivity index (χ4n) is 1.90. The molecule has 2 aromatic rings. The molecule has 0 heterocycles. The third-order valence-electron chi connectivity index (χ3n) is 3.19. The third kappa shape index (κ3) is 3.36. The van der Waals surface area contributed by atoms with Gasteiger partial charge in [0.2, 0.25) is 0 Å². The summed E-state index contributed by atoms with van der Waals surface area (Å²) < 4.78 is 0. The van der Waals surface area contributed by atoms with E-state index in [0.717, 1.165) is 6.54 Å². The topological polar surface area (TPSA) is 12.0 Å². The Morgan fingerprint density at radius 3 is 2.06 bits per heavy atom. The highest BCUT2D eigenvalue weighted by Gasteiger charge is 1.98. The maximum Gasteiger partial charge on any atom is 0.0400 e. The second-order valence-electron chi connectivity index (χ2n) is 5.12. The summed E-state index contributed by atoms with van der Waals surface area (Å²) in [5.74, 6) is 0.594. The minimum Gasteiger partial charge on any atom is -0.381 e. The van der Waals surface area contributed by atoms with Gasteiger partial charge in [0.05, 0.1) is 0 Å². The Labute approximate surface area is 110 Å².